The largest absolute Gasteiger partial charge is 0.463 e. The second-order valence-electron chi connectivity index (χ2n) is 3.62. The van der Waals surface area contributed by atoms with Gasteiger partial charge >= 0.3 is 6.01 Å². The molecule has 6 nitrogen and oxygen atoms in total. The quantitative estimate of drug-likeness (QED) is 0.732. The lowest BCUT2D eigenvalue weighted by Crippen LogP contribution is -2.10. The molecule has 1 unspecified atom stereocenters. The highest BCUT2D eigenvalue weighted by Crippen LogP contribution is 2.11. The lowest BCUT2D eigenvalue weighted by Gasteiger charge is -2.06. The predicted octanol–water partition coefficient (Wildman–Crippen LogP) is 1.49. The van der Waals surface area contributed by atoms with Crippen LogP contribution in [-0.4, -0.2) is 44.3 Å². The molecule has 1 aromatic heterocycles. The first-order chi connectivity index (χ1) is 8.61. The Hall–Kier alpha value is -0.950. The number of ether oxygens (including phenoxy) is 1. The first-order valence-corrected chi connectivity index (χ1v) is 7.80. The molecule has 0 aromatic carbocycles. The molecule has 1 atom stereocenters. The van der Waals surface area contributed by atoms with Crippen molar-refractivity contribution in [3.05, 3.63) is 5.28 Å². The third-order valence-electron chi connectivity index (χ3n) is 1.91. The first kappa shape index (κ1) is 15.1. The molecule has 0 aliphatic carbocycles. The Morgan fingerprint density at radius 3 is 2.83 bits per heavy atom. The maximum absolute atomic E-state index is 10.9. The zero-order valence-electron chi connectivity index (χ0n) is 10.5. The van der Waals surface area contributed by atoms with Gasteiger partial charge in [-0.25, -0.2) is 0 Å². The number of anilines is 1. The number of halogens is 1. The summed E-state index contributed by atoms with van der Waals surface area (Å²) in [4.78, 5) is 11.9. The van der Waals surface area contributed by atoms with Crippen LogP contribution in [0.5, 0.6) is 6.01 Å². The molecule has 102 valence electrons. The number of aromatic nitrogens is 3. The van der Waals surface area contributed by atoms with Crippen LogP contribution in [0.2, 0.25) is 5.28 Å². The molecule has 1 rings (SSSR count). The zero-order valence-corrected chi connectivity index (χ0v) is 12.1. The van der Waals surface area contributed by atoms with Crippen molar-refractivity contribution in [2.24, 2.45) is 0 Å². The van der Waals surface area contributed by atoms with Gasteiger partial charge in [-0.1, -0.05) is 6.92 Å². The molecule has 1 heterocycles. The molecule has 18 heavy (non-hydrogen) atoms. The van der Waals surface area contributed by atoms with Gasteiger partial charge in [-0.05, 0) is 24.4 Å². The van der Waals surface area contributed by atoms with Crippen LogP contribution in [0.4, 0.5) is 5.95 Å². The number of nitrogens with one attached hydrogen (secondary N) is 1. The van der Waals surface area contributed by atoms with E-state index in [4.69, 9.17) is 16.3 Å². The lowest BCUT2D eigenvalue weighted by atomic mass is 10.5. The Morgan fingerprint density at radius 1 is 1.39 bits per heavy atom. The lowest BCUT2D eigenvalue weighted by molar-refractivity contribution is 0.291. The zero-order chi connectivity index (χ0) is 13.4. The number of nitrogens with zero attached hydrogens (tertiary/aromatic N) is 3. The monoisotopic (exact) mass is 292 g/mol. The van der Waals surface area contributed by atoms with Crippen molar-refractivity contribution in [3.63, 3.8) is 0 Å². The molecule has 0 fully saturated rings. The Bertz CT molecular complexity index is 405. The van der Waals surface area contributed by atoms with Crippen molar-refractivity contribution in [2.45, 2.75) is 19.8 Å². The molecule has 0 aliphatic rings. The average Bonchev–Trinajstić information content (AvgIpc) is 2.31. The molecule has 8 heteroatoms. The number of hydrogen-bond donors (Lipinski definition) is 1. The van der Waals surface area contributed by atoms with Crippen molar-refractivity contribution in [2.75, 3.05) is 30.5 Å². The fourth-order valence-electron chi connectivity index (χ4n) is 1.14. The van der Waals surface area contributed by atoms with Gasteiger partial charge in [0, 0.05) is 29.4 Å². The van der Waals surface area contributed by atoms with E-state index in [1.807, 2.05) is 6.92 Å². The molecule has 0 amide bonds. The molecule has 0 saturated heterocycles. The van der Waals surface area contributed by atoms with Gasteiger partial charge < -0.3 is 10.1 Å². The van der Waals surface area contributed by atoms with Crippen LogP contribution in [0.15, 0.2) is 0 Å². The van der Waals surface area contributed by atoms with Crippen molar-refractivity contribution in [1.82, 2.24) is 15.0 Å². The standard InChI is InChI=1S/C10H17ClN4O2S/c1-3-6-17-10-14-8(11)13-9(15-10)12-5-4-7-18(2)16/h3-7H2,1-2H3,(H,12,13,14,15). The van der Waals surface area contributed by atoms with Crippen LogP contribution < -0.4 is 10.1 Å². The molecule has 0 spiro atoms. The third-order valence-corrected chi connectivity index (χ3v) is 2.95. The van der Waals surface area contributed by atoms with Crippen LogP contribution in [-0.2, 0) is 10.8 Å². The summed E-state index contributed by atoms with van der Waals surface area (Å²) in [7, 11) is -0.780. The minimum atomic E-state index is -0.780. The van der Waals surface area contributed by atoms with E-state index in [0.717, 1.165) is 12.8 Å². The Balaban J connectivity index is 2.48. The topological polar surface area (TPSA) is 77.0 Å². The smallest absolute Gasteiger partial charge is 0.322 e. The van der Waals surface area contributed by atoms with Gasteiger partial charge in [0.1, 0.15) is 0 Å². The normalized spacial score (nSPS) is 12.2. The molecule has 0 radical (unpaired) electrons. The van der Waals surface area contributed by atoms with Gasteiger partial charge in [-0.3, -0.25) is 4.21 Å². The van der Waals surface area contributed by atoms with Gasteiger partial charge in [0.15, 0.2) is 0 Å². The van der Waals surface area contributed by atoms with Gasteiger partial charge in [0.25, 0.3) is 0 Å². The fraction of sp³-hybridized carbons (Fsp3) is 0.700. The summed E-state index contributed by atoms with van der Waals surface area (Å²) in [5, 5.41) is 3.09. The molecular weight excluding hydrogens is 276 g/mol. The highest BCUT2D eigenvalue weighted by molar-refractivity contribution is 7.84. The molecular formula is C10H17ClN4O2S. The van der Waals surface area contributed by atoms with E-state index in [1.54, 1.807) is 6.26 Å². The Labute approximate surface area is 114 Å². The first-order valence-electron chi connectivity index (χ1n) is 5.70. The predicted molar refractivity (Wildman–Crippen MR) is 72.7 cm³/mol. The van der Waals surface area contributed by atoms with E-state index >= 15 is 0 Å². The molecule has 0 aliphatic heterocycles. The average molecular weight is 293 g/mol. The summed E-state index contributed by atoms with van der Waals surface area (Å²) >= 11 is 5.76. The summed E-state index contributed by atoms with van der Waals surface area (Å²) in [6, 6.07) is 0.221. The van der Waals surface area contributed by atoms with E-state index in [2.05, 4.69) is 20.3 Å². The van der Waals surface area contributed by atoms with Crippen LogP contribution >= 0.6 is 11.6 Å². The molecule has 1 N–H and O–H groups in total. The van der Waals surface area contributed by atoms with Crippen LogP contribution in [0.3, 0.4) is 0 Å². The van der Waals surface area contributed by atoms with E-state index in [0.29, 0.717) is 24.9 Å². The van der Waals surface area contributed by atoms with Crippen LogP contribution in [0.1, 0.15) is 19.8 Å². The summed E-state index contributed by atoms with van der Waals surface area (Å²) in [6.45, 7) is 3.16. The van der Waals surface area contributed by atoms with Gasteiger partial charge in [-0.15, -0.1) is 0 Å². The number of rotatable bonds is 8. The van der Waals surface area contributed by atoms with Crippen molar-refractivity contribution in [3.8, 4) is 6.01 Å². The van der Waals surface area contributed by atoms with E-state index in [1.165, 1.54) is 0 Å². The highest BCUT2D eigenvalue weighted by Gasteiger charge is 2.05. The second-order valence-corrected chi connectivity index (χ2v) is 5.51. The Morgan fingerprint density at radius 2 is 2.17 bits per heavy atom. The molecule has 1 aromatic rings. The Kier molecular flexibility index (Phi) is 6.89. The summed E-state index contributed by atoms with van der Waals surface area (Å²) in [5.74, 6) is 1.02. The second kappa shape index (κ2) is 8.20. The summed E-state index contributed by atoms with van der Waals surface area (Å²) in [5.41, 5.74) is 0. The van der Waals surface area contributed by atoms with Gasteiger partial charge in [0.2, 0.25) is 11.2 Å². The minimum Gasteiger partial charge on any atom is -0.463 e. The maximum atomic E-state index is 10.9. The summed E-state index contributed by atoms with van der Waals surface area (Å²) < 4.78 is 16.2. The molecule has 0 bridgehead atoms. The number of hydrogen-bond acceptors (Lipinski definition) is 6. The molecule has 0 saturated carbocycles. The van der Waals surface area contributed by atoms with Crippen LogP contribution in [0.25, 0.3) is 0 Å². The fourth-order valence-corrected chi connectivity index (χ4v) is 1.85. The van der Waals surface area contributed by atoms with Crippen molar-refractivity contribution < 1.29 is 8.95 Å². The van der Waals surface area contributed by atoms with Crippen LogP contribution in [0, 0.1) is 0 Å². The van der Waals surface area contributed by atoms with Crippen molar-refractivity contribution >= 4 is 28.3 Å². The third kappa shape index (κ3) is 6.11. The van der Waals surface area contributed by atoms with E-state index < -0.39 is 10.8 Å². The van der Waals surface area contributed by atoms with Gasteiger partial charge in [0.05, 0.1) is 6.61 Å². The van der Waals surface area contributed by atoms with Gasteiger partial charge in [-0.2, -0.15) is 15.0 Å². The van der Waals surface area contributed by atoms with E-state index in [-0.39, 0.29) is 11.3 Å². The van der Waals surface area contributed by atoms with Crippen molar-refractivity contribution in [1.29, 1.82) is 0 Å². The maximum Gasteiger partial charge on any atom is 0.322 e. The minimum absolute atomic E-state index is 0.0951. The van der Waals surface area contributed by atoms with E-state index in [9.17, 15) is 4.21 Å². The highest BCUT2D eigenvalue weighted by atomic mass is 35.5. The summed E-state index contributed by atoms with van der Waals surface area (Å²) in [6.07, 6.45) is 3.32. The SMILES string of the molecule is CCCOc1nc(Cl)nc(NCCCS(C)=O)n1.